The van der Waals surface area contributed by atoms with Crippen LogP contribution in [0.2, 0.25) is 0 Å². The van der Waals surface area contributed by atoms with Gasteiger partial charge in [-0.2, -0.15) is 0 Å². The predicted octanol–water partition coefficient (Wildman–Crippen LogP) is 4.39. The molecule has 2 aliphatic rings. The molecule has 0 spiro atoms. The molecule has 2 aliphatic heterocycles. The molecule has 2 heterocycles. The van der Waals surface area contributed by atoms with E-state index in [2.05, 4.69) is 56.5 Å². The monoisotopic (exact) mass is 315 g/mol. The Hall–Kier alpha value is -0.120. The highest BCUT2D eigenvalue weighted by molar-refractivity contribution is 4.88. The molecule has 0 amide bonds. The summed E-state index contributed by atoms with van der Waals surface area (Å²) in [6.45, 7) is 22.0. The molecule has 2 rings (SSSR count). The van der Waals surface area contributed by atoms with Crippen molar-refractivity contribution >= 4 is 0 Å². The molecule has 0 aromatic heterocycles. The Balaban J connectivity index is 0. The van der Waals surface area contributed by atoms with E-state index in [1.54, 1.807) is 0 Å². The van der Waals surface area contributed by atoms with Crippen molar-refractivity contribution in [3.63, 3.8) is 0 Å². The fourth-order valence-corrected chi connectivity index (χ4v) is 2.95. The molecule has 0 aromatic carbocycles. The summed E-state index contributed by atoms with van der Waals surface area (Å²) in [6.07, 6.45) is 2.64. The van der Waals surface area contributed by atoms with E-state index in [0.29, 0.717) is 6.04 Å². The maximum absolute atomic E-state index is 2.65. The molecule has 0 aromatic rings. The lowest BCUT2D eigenvalue weighted by atomic mass is 10.1. The SMILES string of the molecule is CC.CC.CC1C(C)N(CC2CCN(C)C2)CN1C.CCC. The average molecular weight is 316 g/mol. The summed E-state index contributed by atoms with van der Waals surface area (Å²) in [5.41, 5.74) is 0. The zero-order chi connectivity index (χ0) is 17.7. The Morgan fingerprint density at radius 1 is 0.909 bits per heavy atom. The Labute approximate surface area is 142 Å². The van der Waals surface area contributed by atoms with E-state index in [9.17, 15) is 0 Å². The van der Waals surface area contributed by atoms with Gasteiger partial charge in [-0.05, 0) is 46.8 Å². The smallest absolute Gasteiger partial charge is 0.0509 e. The van der Waals surface area contributed by atoms with Gasteiger partial charge in [-0.25, -0.2) is 0 Å². The molecule has 2 fully saturated rings. The first-order chi connectivity index (χ1) is 10.5. The van der Waals surface area contributed by atoms with Gasteiger partial charge >= 0.3 is 0 Å². The molecule has 22 heavy (non-hydrogen) atoms. The number of rotatable bonds is 2. The van der Waals surface area contributed by atoms with Crippen molar-refractivity contribution in [1.82, 2.24) is 14.7 Å². The number of nitrogens with zero attached hydrogens (tertiary/aromatic N) is 3. The van der Waals surface area contributed by atoms with E-state index < -0.39 is 0 Å². The van der Waals surface area contributed by atoms with E-state index in [4.69, 9.17) is 0 Å². The predicted molar refractivity (Wildman–Crippen MR) is 103 cm³/mol. The normalized spacial score (nSPS) is 28.9. The molecule has 2 saturated heterocycles. The van der Waals surface area contributed by atoms with Gasteiger partial charge in [-0.15, -0.1) is 0 Å². The van der Waals surface area contributed by atoms with Crippen LogP contribution in [0.25, 0.3) is 0 Å². The summed E-state index contributed by atoms with van der Waals surface area (Å²) in [7, 11) is 4.48. The fourth-order valence-electron chi connectivity index (χ4n) is 2.95. The summed E-state index contributed by atoms with van der Waals surface area (Å²) in [5, 5.41) is 0. The highest BCUT2D eigenvalue weighted by atomic mass is 15.4. The van der Waals surface area contributed by atoms with Gasteiger partial charge in [0.15, 0.2) is 0 Å². The van der Waals surface area contributed by atoms with Crippen LogP contribution in [-0.4, -0.2) is 67.2 Å². The second-order valence-corrected chi connectivity index (χ2v) is 6.28. The second kappa shape index (κ2) is 14.5. The molecule has 3 unspecified atom stereocenters. The van der Waals surface area contributed by atoms with Gasteiger partial charge in [0, 0.05) is 25.2 Å². The third-order valence-corrected chi connectivity index (χ3v) is 4.36. The molecule has 3 heteroatoms. The van der Waals surface area contributed by atoms with E-state index in [-0.39, 0.29) is 0 Å². The van der Waals surface area contributed by atoms with Crippen molar-refractivity contribution in [3.05, 3.63) is 0 Å². The fraction of sp³-hybridized carbons (Fsp3) is 1.00. The Morgan fingerprint density at radius 2 is 1.41 bits per heavy atom. The van der Waals surface area contributed by atoms with Crippen LogP contribution in [0, 0.1) is 5.92 Å². The zero-order valence-corrected chi connectivity index (χ0v) is 17.3. The van der Waals surface area contributed by atoms with E-state index in [1.807, 2.05) is 27.7 Å². The number of likely N-dealkylation sites (tertiary alicyclic amines) is 1. The first kappa shape index (κ1) is 24.1. The van der Waals surface area contributed by atoms with Gasteiger partial charge in [0.05, 0.1) is 6.67 Å². The molecular weight excluding hydrogens is 270 g/mol. The molecule has 0 radical (unpaired) electrons. The van der Waals surface area contributed by atoms with Crippen molar-refractivity contribution in [3.8, 4) is 0 Å². The van der Waals surface area contributed by atoms with E-state index in [0.717, 1.165) is 18.6 Å². The van der Waals surface area contributed by atoms with Gasteiger partial charge in [0.25, 0.3) is 0 Å². The summed E-state index contributed by atoms with van der Waals surface area (Å²) in [4.78, 5) is 7.57. The first-order valence-electron chi connectivity index (χ1n) is 9.62. The number of hydrogen-bond acceptors (Lipinski definition) is 3. The molecule has 0 bridgehead atoms. The third-order valence-electron chi connectivity index (χ3n) is 4.36. The van der Waals surface area contributed by atoms with Crippen LogP contribution < -0.4 is 0 Å². The highest BCUT2D eigenvalue weighted by Crippen LogP contribution is 2.23. The molecule has 3 nitrogen and oxygen atoms in total. The van der Waals surface area contributed by atoms with Gasteiger partial charge < -0.3 is 4.90 Å². The summed E-state index contributed by atoms with van der Waals surface area (Å²) in [6, 6.07) is 1.44. The minimum atomic E-state index is 0.712. The van der Waals surface area contributed by atoms with Gasteiger partial charge in [-0.3, -0.25) is 9.80 Å². The quantitative estimate of drug-likeness (QED) is 0.748. The van der Waals surface area contributed by atoms with Crippen LogP contribution in [0.1, 0.15) is 68.2 Å². The maximum atomic E-state index is 2.65. The zero-order valence-electron chi connectivity index (χ0n) is 17.3. The number of likely N-dealkylation sites (N-methyl/N-ethyl adjacent to an activating group) is 1. The first-order valence-corrected chi connectivity index (χ1v) is 9.62. The summed E-state index contributed by atoms with van der Waals surface area (Å²) in [5.74, 6) is 0.899. The van der Waals surface area contributed by atoms with Crippen molar-refractivity contribution in [2.45, 2.75) is 80.3 Å². The largest absolute Gasteiger partial charge is 0.306 e. The van der Waals surface area contributed by atoms with Gasteiger partial charge in [-0.1, -0.05) is 48.0 Å². The Kier molecular flexibility index (Phi) is 15.9. The molecule has 0 aliphatic carbocycles. The lowest BCUT2D eigenvalue weighted by Gasteiger charge is -2.24. The third kappa shape index (κ3) is 8.50. The van der Waals surface area contributed by atoms with Crippen LogP contribution in [-0.2, 0) is 0 Å². The van der Waals surface area contributed by atoms with Gasteiger partial charge in [0.1, 0.15) is 0 Å². The topological polar surface area (TPSA) is 9.72 Å². The van der Waals surface area contributed by atoms with Crippen LogP contribution in [0.4, 0.5) is 0 Å². The average Bonchev–Trinajstić information content (AvgIpc) is 3.04. The Morgan fingerprint density at radius 3 is 1.73 bits per heavy atom. The van der Waals surface area contributed by atoms with Crippen molar-refractivity contribution in [2.24, 2.45) is 5.92 Å². The van der Waals surface area contributed by atoms with Gasteiger partial charge in [0.2, 0.25) is 0 Å². The minimum Gasteiger partial charge on any atom is -0.306 e. The van der Waals surface area contributed by atoms with Crippen LogP contribution in [0.15, 0.2) is 0 Å². The van der Waals surface area contributed by atoms with Crippen molar-refractivity contribution < 1.29 is 0 Å². The van der Waals surface area contributed by atoms with Crippen molar-refractivity contribution in [2.75, 3.05) is 40.4 Å². The molecule has 3 atom stereocenters. The van der Waals surface area contributed by atoms with Crippen LogP contribution >= 0.6 is 0 Å². The standard InChI is InChI=1S/C12H25N3.C3H8.2C2H6/c1-10-11(2)15(9-14(10)4)8-12-5-6-13(3)7-12;1-3-2;2*1-2/h10-12H,5-9H2,1-4H3;3H2,1-2H3;2*1-2H3. The van der Waals surface area contributed by atoms with Crippen LogP contribution in [0.5, 0.6) is 0 Å². The lowest BCUT2D eigenvalue weighted by Crippen LogP contribution is -2.35. The lowest BCUT2D eigenvalue weighted by molar-refractivity contribution is 0.207. The molecule has 0 saturated carbocycles. The van der Waals surface area contributed by atoms with Crippen molar-refractivity contribution in [1.29, 1.82) is 0 Å². The summed E-state index contributed by atoms with van der Waals surface area (Å²) < 4.78 is 0. The maximum Gasteiger partial charge on any atom is 0.0509 e. The number of hydrogen-bond donors (Lipinski definition) is 0. The summed E-state index contributed by atoms with van der Waals surface area (Å²) >= 11 is 0. The molecule has 0 N–H and O–H groups in total. The van der Waals surface area contributed by atoms with E-state index in [1.165, 1.54) is 32.5 Å². The molecule has 136 valence electrons. The highest BCUT2D eigenvalue weighted by Gasteiger charge is 2.33. The Bertz CT molecular complexity index is 233. The second-order valence-electron chi connectivity index (χ2n) is 6.28. The molecular formula is C19H45N3. The minimum absolute atomic E-state index is 0.712. The van der Waals surface area contributed by atoms with Crippen LogP contribution in [0.3, 0.4) is 0 Å². The van der Waals surface area contributed by atoms with E-state index >= 15 is 0 Å².